The van der Waals surface area contributed by atoms with Crippen molar-refractivity contribution in [2.45, 2.75) is 19.4 Å². The van der Waals surface area contributed by atoms with E-state index < -0.39 is 0 Å². The van der Waals surface area contributed by atoms with Gasteiger partial charge in [0.25, 0.3) is 0 Å². The van der Waals surface area contributed by atoms with E-state index >= 15 is 0 Å². The molecule has 5 nitrogen and oxygen atoms in total. The number of hydrogen-bond donors (Lipinski definition) is 1. The Hall–Kier alpha value is -1.75. The second kappa shape index (κ2) is 6.13. The van der Waals surface area contributed by atoms with Crippen molar-refractivity contribution in [2.75, 3.05) is 44.4 Å². The number of nitrogens with two attached hydrogens (primary N) is 1. The van der Waals surface area contributed by atoms with Crippen LogP contribution in [0, 0.1) is 0 Å². The van der Waals surface area contributed by atoms with E-state index in [-0.39, 0.29) is 5.97 Å². The van der Waals surface area contributed by atoms with Crippen LogP contribution in [0.2, 0.25) is 0 Å². The van der Waals surface area contributed by atoms with Crippen molar-refractivity contribution in [3.05, 3.63) is 23.8 Å². The van der Waals surface area contributed by atoms with Gasteiger partial charge < -0.3 is 20.3 Å². The molecule has 0 saturated carbocycles. The van der Waals surface area contributed by atoms with Crippen LogP contribution in [-0.2, 0) is 4.74 Å². The van der Waals surface area contributed by atoms with E-state index in [1.807, 2.05) is 12.1 Å². The lowest BCUT2D eigenvalue weighted by molar-refractivity contribution is 0.0602. The second-order valence-electron chi connectivity index (χ2n) is 5.42. The Morgan fingerprint density at radius 3 is 2.85 bits per heavy atom. The molecule has 1 atom stereocenters. The third-order valence-electron chi connectivity index (χ3n) is 3.82. The van der Waals surface area contributed by atoms with Crippen molar-refractivity contribution in [2.24, 2.45) is 0 Å². The smallest absolute Gasteiger partial charge is 0.340 e. The van der Waals surface area contributed by atoms with Crippen molar-refractivity contribution in [3.63, 3.8) is 0 Å². The topological polar surface area (TPSA) is 58.8 Å². The summed E-state index contributed by atoms with van der Waals surface area (Å²) in [5.74, 6) is -0.385. The van der Waals surface area contributed by atoms with Gasteiger partial charge in [-0.15, -0.1) is 0 Å². The number of nitrogen functional groups attached to an aromatic ring is 1. The van der Waals surface area contributed by atoms with E-state index in [1.54, 1.807) is 6.07 Å². The van der Waals surface area contributed by atoms with Gasteiger partial charge in [0.1, 0.15) is 0 Å². The molecule has 0 amide bonds. The quantitative estimate of drug-likeness (QED) is 0.657. The average Bonchev–Trinajstić information content (AvgIpc) is 2.59. The molecule has 1 unspecified atom stereocenters. The number of methoxy groups -OCH3 is 1. The fraction of sp³-hybridized carbons (Fsp3) is 0.533. The number of rotatable bonds is 2. The van der Waals surface area contributed by atoms with Crippen molar-refractivity contribution in [3.8, 4) is 0 Å². The summed E-state index contributed by atoms with van der Waals surface area (Å²) in [6.07, 6.45) is 1.11. The van der Waals surface area contributed by atoms with E-state index in [2.05, 4.69) is 23.8 Å². The molecule has 110 valence electrons. The molecule has 0 spiro atoms. The normalized spacial score (nSPS) is 20.6. The van der Waals surface area contributed by atoms with Gasteiger partial charge in [-0.1, -0.05) is 0 Å². The number of ether oxygens (including phenoxy) is 1. The van der Waals surface area contributed by atoms with Crippen LogP contribution in [0.15, 0.2) is 18.2 Å². The first-order chi connectivity index (χ1) is 9.52. The van der Waals surface area contributed by atoms with Gasteiger partial charge in [-0.3, -0.25) is 0 Å². The number of carbonyl (C=O) groups excluding carboxylic acids is 1. The molecule has 2 N–H and O–H groups in total. The van der Waals surface area contributed by atoms with Crippen molar-refractivity contribution in [1.82, 2.24) is 4.90 Å². The highest BCUT2D eigenvalue weighted by atomic mass is 16.5. The van der Waals surface area contributed by atoms with Gasteiger partial charge >= 0.3 is 5.97 Å². The highest BCUT2D eigenvalue weighted by Gasteiger charge is 2.21. The van der Waals surface area contributed by atoms with Gasteiger partial charge in [0.15, 0.2) is 0 Å². The maximum absolute atomic E-state index is 11.7. The molecule has 1 heterocycles. The highest BCUT2D eigenvalue weighted by molar-refractivity contribution is 5.96. The fourth-order valence-corrected chi connectivity index (χ4v) is 2.77. The molecule has 2 rings (SSSR count). The maximum Gasteiger partial charge on any atom is 0.340 e. The third-order valence-corrected chi connectivity index (χ3v) is 3.82. The van der Waals surface area contributed by atoms with Gasteiger partial charge in [-0.25, -0.2) is 4.79 Å². The van der Waals surface area contributed by atoms with Gasteiger partial charge in [-0.05, 0) is 45.1 Å². The minimum atomic E-state index is -0.385. The monoisotopic (exact) mass is 277 g/mol. The number of likely N-dealkylation sites (N-methyl/N-ethyl adjacent to an activating group) is 1. The molecular formula is C15H23N3O2. The zero-order valence-corrected chi connectivity index (χ0v) is 12.4. The van der Waals surface area contributed by atoms with E-state index in [0.29, 0.717) is 17.3 Å². The van der Waals surface area contributed by atoms with Crippen LogP contribution in [-0.4, -0.2) is 50.7 Å². The minimum Gasteiger partial charge on any atom is -0.465 e. The lowest BCUT2D eigenvalue weighted by Gasteiger charge is -2.30. The number of nitrogens with zero attached hydrogens (tertiary/aromatic N) is 2. The molecule has 0 aliphatic carbocycles. The molecule has 1 aromatic carbocycles. The summed E-state index contributed by atoms with van der Waals surface area (Å²) in [6, 6.07) is 5.99. The van der Waals surface area contributed by atoms with Crippen LogP contribution >= 0.6 is 0 Å². The number of anilines is 2. The Labute approximate surface area is 120 Å². The molecule has 0 radical (unpaired) electrons. The van der Waals surface area contributed by atoms with Crippen molar-refractivity contribution in [1.29, 1.82) is 0 Å². The molecule has 1 saturated heterocycles. The Balaban J connectivity index is 2.30. The Morgan fingerprint density at radius 2 is 2.15 bits per heavy atom. The summed E-state index contributed by atoms with van der Waals surface area (Å²) in [6.45, 7) is 5.30. The van der Waals surface area contributed by atoms with Gasteiger partial charge in [0.2, 0.25) is 0 Å². The van der Waals surface area contributed by atoms with E-state index in [4.69, 9.17) is 10.5 Å². The van der Waals surface area contributed by atoms with Gasteiger partial charge in [-0.2, -0.15) is 0 Å². The van der Waals surface area contributed by atoms with Crippen molar-refractivity contribution < 1.29 is 9.53 Å². The lowest BCUT2D eigenvalue weighted by Crippen LogP contribution is -2.38. The molecular weight excluding hydrogens is 254 g/mol. The van der Waals surface area contributed by atoms with Crippen molar-refractivity contribution >= 4 is 17.3 Å². The van der Waals surface area contributed by atoms with Crippen LogP contribution in [0.25, 0.3) is 0 Å². The van der Waals surface area contributed by atoms with E-state index in [1.165, 1.54) is 7.11 Å². The summed E-state index contributed by atoms with van der Waals surface area (Å²) < 4.78 is 4.78. The number of carbonyl (C=O) groups is 1. The fourth-order valence-electron chi connectivity index (χ4n) is 2.77. The standard InChI is InChI=1S/C15H23N3O2/c1-11-10-17(2)7-4-8-18(11)12-5-6-14(16)13(9-12)15(19)20-3/h5-6,9,11H,4,7-8,10,16H2,1-3H3. The molecule has 1 aliphatic rings. The molecule has 1 fully saturated rings. The largest absolute Gasteiger partial charge is 0.465 e. The lowest BCUT2D eigenvalue weighted by atomic mass is 10.1. The van der Waals surface area contributed by atoms with Gasteiger partial charge in [0.05, 0.1) is 12.7 Å². The second-order valence-corrected chi connectivity index (χ2v) is 5.42. The first-order valence-electron chi connectivity index (χ1n) is 6.96. The zero-order valence-electron chi connectivity index (χ0n) is 12.4. The third kappa shape index (κ3) is 3.04. The number of esters is 1. The molecule has 5 heteroatoms. The van der Waals surface area contributed by atoms with E-state index in [0.717, 1.165) is 31.7 Å². The average molecular weight is 277 g/mol. The van der Waals surface area contributed by atoms with Gasteiger partial charge in [0, 0.05) is 30.5 Å². The van der Waals surface area contributed by atoms with Crippen LogP contribution in [0.5, 0.6) is 0 Å². The summed E-state index contributed by atoms with van der Waals surface area (Å²) in [5, 5.41) is 0. The predicted molar refractivity (Wildman–Crippen MR) is 81.1 cm³/mol. The first kappa shape index (κ1) is 14.7. The van der Waals surface area contributed by atoms with Crippen LogP contribution in [0.3, 0.4) is 0 Å². The Bertz CT molecular complexity index is 490. The zero-order chi connectivity index (χ0) is 14.7. The van der Waals surface area contributed by atoms with Crippen LogP contribution in [0.1, 0.15) is 23.7 Å². The Kier molecular flexibility index (Phi) is 4.49. The summed E-state index contributed by atoms with van der Waals surface area (Å²) >= 11 is 0. The first-order valence-corrected chi connectivity index (χ1v) is 6.96. The summed E-state index contributed by atoms with van der Waals surface area (Å²) in [5.41, 5.74) is 7.78. The summed E-state index contributed by atoms with van der Waals surface area (Å²) in [7, 11) is 3.51. The number of hydrogen-bond acceptors (Lipinski definition) is 5. The Morgan fingerprint density at radius 1 is 1.40 bits per heavy atom. The number of benzene rings is 1. The highest BCUT2D eigenvalue weighted by Crippen LogP contribution is 2.25. The van der Waals surface area contributed by atoms with E-state index in [9.17, 15) is 4.79 Å². The minimum absolute atomic E-state index is 0.385. The molecule has 1 aliphatic heterocycles. The predicted octanol–water partition coefficient (Wildman–Crippen LogP) is 1.59. The maximum atomic E-state index is 11.7. The molecule has 20 heavy (non-hydrogen) atoms. The summed E-state index contributed by atoms with van der Waals surface area (Å²) in [4.78, 5) is 16.4. The molecule has 0 bridgehead atoms. The van der Waals surface area contributed by atoms with Crippen LogP contribution < -0.4 is 10.6 Å². The molecule has 1 aromatic rings. The van der Waals surface area contributed by atoms with Crippen LogP contribution in [0.4, 0.5) is 11.4 Å². The SMILES string of the molecule is COC(=O)c1cc(N2CCCN(C)CC2C)ccc1N. The molecule has 0 aromatic heterocycles.